The van der Waals surface area contributed by atoms with Crippen molar-refractivity contribution in [3.8, 4) is 0 Å². The standard InChI is InChI=1S/C24H19ClN2O2/c1-15-22(18-9-5-6-10-20(18)26-15)24(29)19-13-17(25)11-12-21(19)27(23(24)28)14-16-7-3-2-4-8-16/h2-13,26,29H,14H2,1H3/t24-/m0/s1. The fraction of sp³-hybridized carbons (Fsp3) is 0.125. The molecule has 1 amide bonds. The number of carbonyl (C=O) groups is 1. The Kier molecular flexibility index (Phi) is 4.02. The Morgan fingerprint density at radius 3 is 2.55 bits per heavy atom. The van der Waals surface area contributed by atoms with Crippen LogP contribution in [0.3, 0.4) is 0 Å². The van der Waals surface area contributed by atoms with Crippen LogP contribution in [0.1, 0.15) is 22.4 Å². The number of halogens is 1. The van der Waals surface area contributed by atoms with Crippen molar-refractivity contribution in [2.45, 2.75) is 19.1 Å². The molecule has 2 heterocycles. The van der Waals surface area contributed by atoms with Crippen LogP contribution in [0, 0.1) is 6.92 Å². The summed E-state index contributed by atoms with van der Waals surface area (Å²) < 4.78 is 0. The van der Waals surface area contributed by atoms with Gasteiger partial charge in [-0.3, -0.25) is 4.79 Å². The number of para-hydroxylation sites is 1. The van der Waals surface area contributed by atoms with E-state index in [1.165, 1.54) is 0 Å². The highest BCUT2D eigenvalue weighted by atomic mass is 35.5. The van der Waals surface area contributed by atoms with Crippen LogP contribution < -0.4 is 4.90 Å². The first-order chi connectivity index (χ1) is 14.0. The van der Waals surface area contributed by atoms with E-state index in [1.54, 1.807) is 23.1 Å². The van der Waals surface area contributed by atoms with Crippen molar-refractivity contribution in [2.24, 2.45) is 0 Å². The first kappa shape index (κ1) is 18.0. The number of nitrogens with one attached hydrogen (secondary N) is 1. The molecule has 2 N–H and O–H groups in total. The highest BCUT2D eigenvalue weighted by molar-refractivity contribution is 6.31. The number of amides is 1. The van der Waals surface area contributed by atoms with Crippen LogP contribution in [0.4, 0.5) is 5.69 Å². The molecule has 1 aliphatic rings. The monoisotopic (exact) mass is 402 g/mol. The summed E-state index contributed by atoms with van der Waals surface area (Å²) in [6.07, 6.45) is 0. The van der Waals surface area contributed by atoms with Gasteiger partial charge in [-0.1, -0.05) is 60.1 Å². The van der Waals surface area contributed by atoms with E-state index < -0.39 is 5.60 Å². The normalized spacial score (nSPS) is 18.4. The third-order valence-corrected chi connectivity index (χ3v) is 5.87. The lowest BCUT2D eigenvalue weighted by atomic mass is 9.85. The van der Waals surface area contributed by atoms with Crippen molar-refractivity contribution in [3.05, 3.63) is 100 Å². The minimum Gasteiger partial charge on any atom is -0.372 e. The van der Waals surface area contributed by atoms with E-state index >= 15 is 0 Å². The van der Waals surface area contributed by atoms with Gasteiger partial charge in [0.05, 0.1) is 12.2 Å². The second-order valence-corrected chi connectivity index (χ2v) is 7.86. The maximum atomic E-state index is 13.7. The number of benzene rings is 3. The SMILES string of the molecule is Cc1[nH]c2ccccc2c1[C@]1(O)C(=O)N(Cc2ccccc2)c2ccc(Cl)cc21. The summed E-state index contributed by atoms with van der Waals surface area (Å²) in [6, 6.07) is 22.7. The molecule has 5 heteroatoms. The molecule has 0 radical (unpaired) electrons. The molecule has 1 atom stereocenters. The number of aromatic nitrogens is 1. The average molecular weight is 403 g/mol. The van der Waals surface area contributed by atoms with E-state index in [0.717, 1.165) is 22.2 Å². The fourth-order valence-electron chi connectivity index (χ4n) is 4.36. The molecule has 0 aliphatic carbocycles. The number of aromatic amines is 1. The predicted octanol–water partition coefficient (Wildman–Crippen LogP) is 4.91. The summed E-state index contributed by atoms with van der Waals surface area (Å²) in [5, 5.41) is 13.3. The Balaban J connectivity index is 1.74. The molecular formula is C24H19ClN2O2. The second kappa shape index (κ2) is 6.48. The Hall–Kier alpha value is -3.08. The lowest BCUT2D eigenvalue weighted by Crippen LogP contribution is -2.41. The zero-order valence-corrected chi connectivity index (χ0v) is 16.6. The van der Waals surface area contributed by atoms with E-state index in [1.807, 2.05) is 61.5 Å². The molecule has 1 aromatic heterocycles. The van der Waals surface area contributed by atoms with Crippen molar-refractivity contribution >= 4 is 34.1 Å². The smallest absolute Gasteiger partial charge is 0.268 e. The number of hydrogen-bond donors (Lipinski definition) is 2. The third-order valence-electron chi connectivity index (χ3n) is 5.63. The van der Waals surface area contributed by atoms with E-state index in [-0.39, 0.29) is 5.91 Å². The summed E-state index contributed by atoms with van der Waals surface area (Å²) in [7, 11) is 0. The molecule has 0 saturated heterocycles. The summed E-state index contributed by atoms with van der Waals surface area (Å²) in [6.45, 7) is 2.25. The Labute approximate surface area is 173 Å². The van der Waals surface area contributed by atoms with Gasteiger partial charge in [-0.05, 0) is 36.8 Å². The van der Waals surface area contributed by atoms with Crippen molar-refractivity contribution in [2.75, 3.05) is 4.90 Å². The zero-order chi connectivity index (χ0) is 20.2. The molecular weight excluding hydrogens is 384 g/mol. The van der Waals surface area contributed by atoms with Crippen LogP contribution >= 0.6 is 11.6 Å². The molecule has 4 aromatic rings. The number of H-pyrrole nitrogens is 1. The number of carbonyl (C=O) groups excluding carboxylic acids is 1. The van der Waals surface area contributed by atoms with Gasteiger partial charge in [0.25, 0.3) is 5.91 Å². The third kappa shape index (κ3) is 2.60. The number of aryl methyl sites for hydroxylation is 1. The molecule has 29 heavy (non-hydrogen) atoms. The van der Waals surface area contributed by atoms with E-state index in [9.17, 15) is 9.90 Å². The summed E-state index contributed by atoms with van der Waals surface area (Å²) in [5.41, 5.74) is 2.59. The minimum absolute atomic E-state index is 0.369. The fourth-order valence-corrected chi connectivity index (χ4v) is 4.53. The van der Waals surface area contributed by atoms with Gasteiger partial charge in [0.15, 0.2) is 5.60 Å². The molecule has 1 aliphatic heterocycles. The maximum Gasteiger partial charge on any atom is 0.268 e. The van der Waals surface area contributed by atoms with E-state index in [2.05, 4.69) is 4.98 Å². The molecule has 0 saturated carbocycles. The Bertz CT molecular complexity index is 1250. The van der Waals surface area contributed by atoms with Crippen LogP contribution in [0.15, 0.2) is 72.8 Å². The van der Waals surface area contributed by atoms with Crippen LogP contribution in [0.5, 0.6) is 0 Å². The number of hydrogen-bond acceptors (Lipinski definition) is 2. The molecule has 0 unspecified atom stereocenters. The van der Waals surface area contributed by atoms with Crippen LogP contribution in [-0.4, -0.2) is 16.0 Å². The van der Waals surface area contributed by atoms with Gasteiger partial charge in [0.1, 0.15) is 0 Å². The van der Waals surface area contributed by atoms with Gasteiger partial charge < -0.3 is 15.0 Å². The van der Waals surface area contributed by atoms with Crippen molar-refractivity contribution in [1.82, 2.24) is 4.98 Å². The number of fused-ring (bicyclic) bond motifs is 2. The van der Waals surface area contributed by atoms with Gasteiger partial charge >= 0.3 is 0 Å². The Morgan fingerprint density at radius 1 is 1.03 bits per heavy atom. The average Bonchev–Trinajstić information content (AvgIpc) is 3.16. The molecule has 3 aromatic carbocycles. The minimum atomic E-state index is -1.81. The molecule has 0 spiro atoms. The molecule has 0 bridgehead atoms. The summed E-state index contributed by atoms with van der Waals surface area (Å²) in [5.74, 6) is -0.369. The molecule has 5 rings (SSSR count). The summed E-state index contributed by atoms with van der Waals surface area (Å²) >= 11 is 6.28. The number of nitrogens with zero attached hydrogens (tertiary/aromatic N) is 1. The number of anilines is 1. The van der Waals surface area contributed by atoms with Crippen molar-refractivity contribution in [3.63, 3.8) is 0 Å². The van der Waals surface area contributed by atoms with Crippen LogP contribution in [0.2, 0.25) is 5.02 Å². The summed E-state index contributed by atoms with van der Waals surface area (Å²) in [4.78, 5) is 18.7. The lowest BCUT2D eigenvalue weighted by molar-refractivity contribution is -0.132. The van der Waals surface area contributed by atoms with E-state index in [4.69, 9.17) is 11.6 Å². The second-order valence-electron chi connectivity index (χ2n) is 7.42. The molecule has 4 nitrogen and oxygen atoms in total. The van der Waals surface area contributed by atoms with Crippen molar-refractivity contribution < 1.29 is 9.90 Å². The zero-order valence-electron chi connectivity index (χ0n) is 15.8. The predicted molar refractivity (Wildman–Crippen MR) is 115 cm³/mol. The largest absolute Gasteiger partial charge is 0.372 e. The van der Waals surface area contributed by atoms with Gasteiger partial charge in [-0.15, -0.1) is 0 Å². The Morgan fingerprint density at radius 2 is 1.76 bits per heavy atom. The van der Waals surface area contributed by atoms with E-state index in [0.29, 0.717) is 28.4 Å². The first-order valence-electron chi connectivity index (χ1n) is 9.46. The molecule has 144 valence electrons. The van der Waals surface area contributed by atoms with Crippen molar-refractivity contribution in [1.29, 1.82) is 0 Å². The van der Waals surface area contributed by atoms with Gasteiger partial charge in [0.2, 0.25) is 0 Å². The lowest BCUT2D eigenvalue weighted by Gasteiger charge is -2.24. The molecule has 0 fully saturated rings. The number of aliphatic hydroxyl groups is 1. The number of rotatable bonds is 3. The van der Waals surface area contributed by atoms with Crippen LogP contribution in [-0.2, 0) is 16.9 Å². The van der Waals surface area contributed by atoms with Crippen LogP contribution in [0.25, 0.3) is 10.9 Å². The topological polar surface area (TPSA) is 56.3 Å². The van der Waals surface area contributed by atoms with Gasteiger partial charge in [0, 0.05) is 32.7 Å². The quantitative estimate of drug-likeness (QED) is 0.511. The highest BCUT2D eigenvalue weighted by Gasteiger charge is 2.53. The van der Waals surface area contributed by atoms with Gasteiger partial charge in [-0.25, -0.2) is 0 Å². The first-order valence-corrected chi connectivity index (χ1v) is 9.84. The highest BCUT2D eigenvalue weighted by Crippen LogP contribution is 2.48. The maximum absolute atomic E-state index is 13.7. The van der Waals surface area contributed by atoms with Gasteiger partial charge in [-0.2, -0.15) is 0 Å².